The van der Waals surface area contributed by atoms with Crippen LogP contribution in [0, 0.1) is 5.92 Å². The Balaban J connectivity index is 3.73. The van der Waals surface area contributed by atoms with Crippen molar-refractivity contribution in [1.29, 1.82) is 0 Å². The van der Waals surface area contributed by atoms with Crippen LogP contribution in [0.1, 0.15) is 40.0 Å². The first kappa shape index (κ1) is 16.7. The van der Waals surface area contributed by atoms with Crippen molar-refractivity contribution in [3.63, 3.8) is 0 Å². The molecule has 18 heavy (non-hydrogen) atoms. The lowest BCUT2D eigenvalue weighted by Gasteiger charge is -2.21. The van der Waals surface area contributed by atoms with Crippen molar-refractivity contribution in [1.82, 2.24) is 10.6 Å². The number of aliphatic carboxylic acids is 1. The van der Waals surface area contributed by atoms with Crippen LogP contribution in [-0.4, -0.2) is 40.9 Å². The maximum atomic E-state index is 11.3. The molecule has 0 heterocycles. The van der Waals surface area contributed by atoms with E-state index >= 15 is 0 Å². The fourth-order valence-electron chi connectivity index (χ4n) is 1.43. The zero-order valence-corrected chi connectivity index (χ0v) is 11.3. The molecule has 0 aliphatic rings. The lowest BCUT2D eigenvalue weighted by molar-refractivity contribution is -0.141. The summed E-state index contributed by atoms with van der Waals surface area (Å²) in [5.41, 5.74) is -1.43. The van der Waals surface area contributed by atoms with Crippen molar-refractivity contribution in [2.45, 2.75) is 45.6 Å². The van der Waals surface area contributed by atoms with Gasteiger partial charge in [0, 0.05) is 13.1 Å². The molecule has 0 aromatic heterocycles. The van der Waals surface area contributed by atoms with Gasteiger partial charge < -0.3 is 20.8 Å². The number of hydrogen-bond donors (Lipinski definition) is 4. The number of carboxylic acid groups (broad SMARTS) is 1. The molecule has 0 fully saturated rings. The number of carbonyl (C=O) groups excluding carboxylic acids is 1. The smallest absolute Gasteiger partial charge is 0.314 e. The third-order valence-electron chi connectivity index (χ3n) is 2.41. The van der Waals surface area contributed by atoms with E-state index in [1.54, 1.807) is 0 Å². The monoisotopic (exact) mass is 260 g/mol. The number of rotatable bonds is 8. The predicted molar refractivity (Wildman–Crippen MR) is 68.4 cm³/mol. The molecule has 0 saturated carbocycles. The number of carbonyl (C=O) groups is 2. The predicted octanol–water partition coefficient (Wildman–Crippen LogP) is 0.948. The molecule has 0 aliphatic carbocycles. The molecule has 1 atom stereocenters. The zero-order valence-electron chi connectivity index (χ0n) is 11.3. The summed E-state index contributed by atoms with van der Waals surface area (Å²) in [5, 5.41) is 23.3. The van der Waals surface area contributed by atoms with Gasteiger partial charge in [-0.25, -0.2) is 4.79 Å². The maximum Gasteiger partial charge on any atom is 0.314 e. The van der Waals surface area contributed by atoms with Gasteiger partial charge in [-0.05, 0) is 25.7 Å². The molecule has 0 rings (SSSR count). The summed E-state index contributed by atoms with van der Waals surface area (Å²) in [6.45, 7) is 6.09. The topological polar surface area (TPSA) is 98.7 Å². The number of aliphatic hydroxyl groups is 1. The van der Waals surface area contributed by atoms with E-state index in [1.807, 2.05) is 0 Å². The minimum atomic E-state index is -1.43. The quantitative estimate of drug-likeness (QED) is 0.488. The molecule has 0 aromatic carbocycles. The lowest BCUT2D eigenvalue weighted by atomic mass is 10.0. The van der Waals surface area contributed by atoms with Gasteiger partial charge in [-0.3, -0.25) is 4.79 Å². The van der Waals surface area contributed by atoms with Crippen LogP contribution in [-0.2, 0) is 4.79 Å². The van der Waals surface area contributed by atoms with Crippen molar-refractivity contribution in [3.8, 4) is 0 Å². The fraction of sp³-hybridized carbons (Fsp3) is 0.833. The molecule has 4 N–H and O–H groups in total. The summed E-state index contributed by atoms with van der Waals surface area (Å²) in [6, 6.07) is -0.385. The molecule has 0 spiro atoms. The van der Waals surface area contributed by atoms with E-state index in [4.69, 9.17) is 5.11 Å². The summed E-state index contributed by atoms with van der Waals surface area (Å²) in [4.78, 5) is 21.8. The van der Waals surface area contributed by atoms with E-state index in [-0.39, 0.29) is 12.6 Å². The molecule has 2 amide bonds. The Morgan fingerprint density at radius 2 is 1.89 bits per heavy atom. The maximum absolute atomic E-state index is 11.3. The van der Waals surface area contributed by atoms with Crippen LogP contribution >= 0.6 is 0 Å². The molecule has 0 saturated heterocycles. The fourth-order valence-corrected chi connectivity index (χ4v) is 1.43. The third-order valence-corrected chi connectivity index (χ3v) is 2.41. The highest BCUT2D eigenvalue weighted by molar-refractivity contribution is 5.74. The van der Waals surface area contributed by atoms with Gasteiger partial charge >= 0.3 is 12.0 Å². The van der Waals surface area contributed by atoms with Gasteiger partial charge in [0.05, 0.1) is 12.0 Å². The number of hydrogen-bond acceptors (Lipinski definition) is 3. The first-order chi connectivity index (χ1) is 8.23. The Morgan fingerprint density at radius 1 is 1.28 bits per heavy atom. The molecule has 0 aromatic rings. The Morgan fingerprint density at radius 3 is 2.39 bits per heavy atom. The van der Waals surface area contributed by atoms with E-state index < -0.39 is 18.0 Å². The van der Waals surface area contributed by atoms with Crippen LogP contribution in [0.4, 0.5) is 4.79 Å². The van der Waals surface area contributed by atoms with Crippen molar-refractivity contribution >= 4 is 12.0 Å². The van der Waals surface area contributed by atoms with Gasteiger partial charge in [0.2, 0.25) is 0 Å². The van der Waals surface area contributed by atoms with E-state index in [1.165, 1.54) is 6.92 Å². The normalized spacial score (nSPS) is 14.1. The summed E-state index contributed by atoms with van der Waals surface area (Å²) in [5.74, 6) is -0.495. The molecular formula is C12H24N2O4. The minimum absolute atomic E-state index is 0.0880. The van der Waals surface area contributed by atoms with Crippen LogP contribution in [0.15, 0.2) is 0 Å². The summed E-state index contributed by atoms with van der Waals surface area (Å²) < 4.78 is 0. The number of carboxylic acids is 1. The van der Waals surface area contributed by atoms with E-state index in [0.29, 0.717) is 12.5 Å². The highest BCUT2D eigenvalue weighted by Gasteiger charge is 2.24. The largest absolute Gasteiger partial charge is 0.481 e. The number of nitrogens with one attached hydrogen (secondary N) is 2. The van der Waals surface area contributed by atoms with Crippen LogP contribution < -0.4 is 10.6 Å². The van der Waals surface area contributed by atoms with Crippen LogP contribution in [0.5, 0.6) is 0 Å². The summed E-state index contributed by atoms with van der Waals surface area (Å²) in [6.07, 6.45) is 1.54. The molecule has 1 unspecified atom stereocenters. The second-order valence-corrected chi connectivity index (χ2v) is 5.21. The summed E-state index contributed by atoms with van der Waals surface area (Å²) in [7, 11) is 0. The van der Waals surface area contributed by atoms with Gasteiger partial charge in [0.15, 0.2) is 0 Å². The van der Waals surface area contributed by atoms with Gasteiger partial charge in [-0.2, -0.15) is 0 Å². The molecule has 0 radical (unpaired) electrons. The lowest BCUT2D eigenvalue weighted by Crippen LogP contribution is -2.46. The van der Waals surface area contributed by atoms with Crippen molar-refractivity contribution in [2.75, 3.05) is 13.1 Å². The van der Waals surface area contributed by atoms with E-state index in [2.05, 4.69) is 24.5 Å². The second kappa shape index (κ2) is 7.92. The Hall–Kier alpha value is -1.30. The minimum Gasteiger partial charge on any atom is -0.481 e. The van der Waals surface area contributed by atoms with Gasteiger partial charge in [-0.15, -0.1) is 0 Å². The van der Waals surface area contributed by atoms with Crippen molar-refractivity contribution < 1.29 is 19.8 Å². The zero-order chi connectivity index (χ0) is 14.2. The molecule has 0 bridgehead atoms. The van der Waals surface area contributed by atoms with Gasteiger partial charge in [-0.1, -0.05) is 13.8 Å². The average Bonchev–Trinajstić information content (AvgIpc) is 2.19. The molecular weight excluding hydrogens is 236 g/mol. The van der Waals surface area contributed by atoms with E-state index in [9.17, 15) is 14.7 Å². The molecule has 0 aliphatic heterocycles. The van der Waals surface area contributed by atoms with Crippen molar-refractivity contribution in [3.05, 3.63) is 0 Å². The Bertz CT molecular complexity index is 277. The van der Waals surface area contributed by atoms with Gasteiger partial charge in [0.25, 0.3) is 0 Å². The number of amides is 2. The highest BCUT2D eigenvalue weighted by atomic mass is 16.4. The molecule has 6 nitrogen and oxygen atoms in total. The van der Waals surface area contributed by atoms with Crippen LogP contribution in [0.25, 0.3) is 0 Å². The Kier molecular flexibility index (Phi) is 7.35. The second-order valence-electron chi connectivity index (χ2n) is 5.21. The average molecular weight is 260 g/mol. The standard InChI is InChI=1S/C12H24N2O4/c1-9(2)5-4-6-13-11(17)14-8-12(3,18)7-10(15)16/h9,18H,4-8H2,1-3H3,(H,15,16)(H2,13,14,17). The number of urea groups is 1. The third kappa shape index (κ3) is 9.89. The van der Waals surface area contributed by atoms with Gasteiger partial charge in [0.1, 0.15) is 0 Å². The Labute approximate surface area is 108 Å². The first-order valence-electron chi connectivity index (χ1n) is 6.19. The van der Waals surface area contributed by atoms with Crippen LogP contribution in [0.2, 0.25) is 0 Å². The molecule has 106 valence electrons. The van der Waals surface area contributed by atoms with E-state index in [0.717, 1.165) is 12.8 Å². The van der Waals surface area contributed by atoms with Crippen LogP contribution in [0.3, 0.4) is 0 Å². The highest BCUT2D eigenvalue weighted by Crippen LogP contribution is 2.07. The SMILES string of the molecule is CC(C)CCCNC(=O)NCC(C)(O)CC(=O)O. The first-order valence-corrected chi connectivity index (χ1v) is 6.19. The molecule has 6 heteroatoms. The summed E-state index contributed by atoms with van der Waals surface area (Å²) >= 11 is 0. The van der Waals surface area contributed by atoms with Crippen molar-refractivity contribution in [2.24, 2.45) is 5.92 Å².